The quantitative estimate of drug-likeness (QED) is 0.742. The zero-order valence-corrected chi connectivity index (χ0v) is 14.0. The van der Waals surface area contributed by atoms with E-state index in [0.29, 0.717) is 13.2 Å². The molecule has 1 atom stereocenters. The van der Waals surface area contributed by atoms with Crippen LogP contribution in [-0.2, 0) is 19.4 Å². The van der Waals surface area contributed by atoms with Crippen LogP contribution in [0.2, 0.25) is 0 Å². The number of aromatic nitrogens is 1. The molecule has 1 aromatic heterocycles. The number of oxazole rings is 1. The standard InChI is InChI=1S/C14H19N3O6S/c1-14(7-24(20,21)8-14)13(19)16-10-4-17(2-3-22-5-10)12(18)11-6-23-9-15-11/h6,9-10H,2-5,7-8H2,1H3,(H,16,19). The SMILES string of the molecule is CC1(C(=O)NC2COCCN(C(=O)c3cocn3)C2)CS(=O)(=O)C1. The highest BCUT2D eigenvalue weighted by atomic mass is 32.2. The third-order valence-electron chi connectivity index (χ3n) is 4.16. The van der Waals surface area contributed by atoms with Crippen LogP contribution in [0.1, 0.15) is 17.4 Å². The van der Waals surface area contributed by atoms with Gasteiger partial charge < -0.3 is 19.4 Å². The fourth-order valence-corrected chi connectivity index (χ4v) is 5.10. The van der Waals surface area contributed by atoms with Crippen LogP contribution in [-0.4, -0.2) is 74.0 Å². The highest BCUT2D eigenvalue weighted by molar-refractivity contribution is 7.93. The Morgan fingerprint density at radius 2 is 2.17 bits per heavy atom. The zero-order chi connectivity index (χ0) is 17.4. The van der Waals surface area contributed by atoms with Crippen molar-refractivity contribution in [3.63, 3.8) is 0 Å². The average molecular weight is 357 g/mol. The summed E-state index contributed by atoms with van der Waals surface area (Å²) in [6.07, 6.45) is 2.45. The van der Waals surface area contributed by atoms with E-state index in [9.17, 15) is 18.0 Å². The van der Waals surface area contributed by atoms with Gasteiger partial charge in [-0.05, 0) is 6.92 Å². The first kappa shape index (κ1) is 16.9. The zero-order valence-electron chi connectivity index (χ0n) is 13.2. The smallest absolute Gasteiger partial charge is 0.275 e. The van der Waals surface area contributed by atoms with E-state index in [4.69, 9.17) is 9.15 Å². The molecule has 2 aliphatic heterocycles. The number of hydrogen-bond donors (Lipinski definition) is 1. The lowest BCUT2D eigenvalue weighted by Gasteiger charge is -2.37. The molecule has 1 aromatic rings. The molecule has 0 aliphatic carbocycles. The van der Waals surface area contributed by atoms with Crippen molar-refractivity contribution in [2.24, 2.45) is 5.41 Å². The van der Waals surface area contributed by atoms with Gasteiger partial charge in [-0.2, -0.15) is 0 Å². The Hall–Kier alpha value is -1.94. The molecule has 0 radical (unpaired) electrons. The monoisotopic (exact) mass is 357 g/mol. The van der Waals surface area contributed by atoms with Gasteiger partial charge in [0.1, 0.15) is 6.26 Å². The third-order valence-corrected chi connectivity index (χ3v) is 6.32. The van der Waals surface area contributed by atoms with Crippen molar-refractivity contribution in [3.8, 4) is 0 Å². The van der Waals surface area contributed by atoms with E-state index in [1.807, 2.05) is 0 Å². The molecule has 1 unspecified atom stereocenters. The number of carbonyl (C=O) groups is 2. The van der Waals surface area contributed by atoms with Crippen molar-refractivity contribution >= 4 is 21.7 Å². The number of carbonyl (C=O) groups excluding carboxylic acids is 2. The largest absolute Gasteiger partial charge is 0.451 e. The second kappa shape index (κ2) is 6.17. The third kappa shape index (κ3) is 3.44. The Balaban J connectivity index is 1.63. The van der Waals surface area contributed by atoms with Crippen molar-refractivity contribution in [1.29, 1.82) is 0 Å². The minimum atomic E-state index is -3.11. The first-order chi connectivity index (χ1) is 11.3. The molecule has 0 aromatic carbocycles. The fraction of sp³-hybridized carbons (Fsp3) is 0.643. The van der Waals surface area contributed by atoms with E-state index in [1.165, 1.54) is 17.6 Å². The number of ether oxygens (including phenoxy) is 1. The molecule has 2 amide bonds. The van der Waals surface area contributed by atoms with E-state index in [1.54, 1.807) is 6.92 Å². The van der Waals surface area contributed by atoms with Crippen molar-refractivity contribution in [1.82, 2.24) is 15.2 Å². The van der Waals surface area contributed by atoms with Gasteiger partial charge in [-0.1, -0.05) is 0 Å². The fourth-order valence-electron chi connectivity index (χ4n) is 2.98. The molecule has 24 heavy (non-hydrogen) atoms. The van der Waals surface area contributed by atoms with Crippen LogP contribution >= 0.6 is 0 Å². The molecular formula is C14H19N3O6S. The Kier molecular flexibility index (Phi) is 4.35. The Labute approximate surface area is 139 Å². The molecule has 2 saturated heterocycles. The van der Waals surface area contributed by atoms with Crippen molar-refractivity contribution < 1.29 is 27.2 Å². The highest BCUT2D eigenvalue weighted by Crippen LogP contribution is 2.32. The molecule has 3 rings (SSSR count). The van der Waals surface area contributed by atoms with Gasteiger partial charge in [0.05, 0.1) is 36.2 Å². The van der Waals surface area contributed by atoms with Gasteiger partial charge >= 0.3 is 0 Å². The molecule has 9 nitrogen and oxygen atoms in total. The number of nitrogens with one attached hydrogen (secondary N) is 1. The second-order valence-corrected chi connectivity index (χ2v) is 8.53. The lowest BCUT2D eigenvalue weighted by molar-refractivity contribution is -0.130. The van der Waals surface area contributed by atoms with Gasteiger partial charge in [-0.15, -0.1) is 0 Å². The molecular weight excluding hydrogens is 338 g/mol. The number of amides is 2. The lowest BCUT2D eigenvalue weighted by Crippen LogP contribution is -2.59. The summed E-state index contributed by atoms with van der Waals surface area (Å²) >= 11 is 0. The Morgan fingerprint density at radius 1 is 1.42 bits per heavy atom. The molecule has 132 valence electrons. The summed E-state index contributed by atoms with van der Waals surface area (Å²) in [5.74, 6) is -0.935. The van der Waals surface area contributed by atoms with Crippen molar-refractivity contribution in [3.05, 3.63) is 18.4 Å². The van der Waals surface area contributed by atoms with Crippen LogP contribution in [0.4, 0.5) is 0 Å². The van der Waals surface area contributed by atoms with Crippen LogP contribution in [0.5, 0.6) is 0 Å². The van der Waals surface area contributed by atoms with Gasteiger partial charge in [0.2, 0.25) is 5.91 Å². The van der Waals surface area contributed by atoms with Crippen LogP contribution < -0.4 is 5.32 Å². The maximum atomic E-state index is 12.4. The Bertz CT molecular complexity index is 718. The predicted octanol–water partition coefficient (Wildman–Crippen LogP) is -0.933. The van der Waals surface area contributed by atoms with Crippen LogP contribution in [0.15, 0.2) is 17.1 Å². The lowest BCUT2D eigenvalue weighted by atomic mass is 9.93. The van der Waals surface area contributed by atoms with E-state index in [0.717, 1.165) is 0 Å². The number of sulfone groups is 1. The Morgan fingerprint density at radius 3 is 2.79 bits per heavy atom. The molecule has 2 aliphatic rings. The molecule has 3 heterocycles. The van der Waals surface area contributed by atoms with Crippen molar-refractivity contribution in [2.45, 2.75) is 13.0 Å². The summed E-state index contributed by atoms with van der Waals surface area (Å²) in [5, 5.41) is 2.80. The molecule has 10 heteroatoms. The van der Waals surface area contributed by atoms with Gasteiger partial charge in [-0.3, -0.25) is 9.59 Å². The number of hydrogen-bond acceptors (Lipinski definition) is 7. The molecule has 0 saturated carbocycles. The number of nitrogens with zero attached hydrogens (tertiary/aromatic N) is 2. The van der Waals surface area contributed by atoms with Crippen molar-refractivity contribution in [2.75, 3.05) is 37.8 Å². The minimum Gasteiger partial charge on any atom is -0.451 e. The van der Waals surface area contributed by atoms with E-state index in [2.05, 4.69) is 10.3 Å². The summed E-state index contributed by atoms with van der Waals surface area (Å²) < 4.78 is 33.0. The first-order valence-electron chi connectivity index (χ1n) is 7.56. The maximum Gasteiger partial charge on any atom is 0.275 e. The van der Waals surface area contributed by atoms with E-state index < -0.39 is 21.3 Å². The summed E-state index contributed by atoms with van der Waals surface area (Å²) in [7, 11) is -3.11. The van der Waals surface area contributed by atoms with Crippen LogP contribution in [0, 0.1) is 5.41 Å². The van der Waals surface area contributed by atoms with Gasteiger partial charge in [-0.25, -0.2) is 13.4 Å². The predicted molar refractivity (Wildman–Crippen MR) is 81.9 cm³/mol. The topological polar surface area (TPSA) is 119 Å². The summed E-state index contributed by atoms with van der Waals surface area (Å²) in [4.78, 5) is 30.1. The molecule has 1 N–H and O–H groups in total. The molecule has 0 bridgehead atoms. The number of rotatable bonds is 3. The molecule has 0 spiro atoms. The minimum absolute atomic E-state index is 0.152. The average Bonchev–Trinajstić information content (AvgIpc) is 2.91. The van der Waals surface area contributed by atoms with Gasteiger partial charge in [0.15, 0.2) is 21.9 Å². The highest BCUT2D eigenvalue weighted by Gasteiger charge is 2.50. The van der Waals surface area contributed by atoms with Crippen LogP contribution in [0.3, 0.4) is 0 Å². The second-order valence-electron chi connectivity index (χ2n) is 6.46. The maximum absolute atomic E-state index is 12.4. The molecule has 2 fully saturated rings. The first-order valence-corrected chi connectivity index (χ1v) is 9.38. The van der Waals surface area contributed by atoms with E-state index >= 15 is 0 Å². The van der Waals surface area contributed by atoms with Crippen LogP contribution in [0.25, 0.3) is 0 Å². The summed E-state index contributed by atoms with van der Waals surface area (Å²) in [6.45, 7) is 2.88. The van der Waals surface area contributed by atoms with Gasteiger partial charge in [0, 0.05) is 13.1 Å². The van der Waals surface area contributed by atoms with Gasteiger partial charge in [0.25, 0.3) is 5.91 Å². The normalized spacial score (nSPS) is 25.4. The van der Waals surface area contributed by atoms with E-state index in [-0.39, 0.29) is 42.2 Å². The summed E-state index contributed by atoms with van der Waals surface area (Å²) in [6, 6.07) is -0.406. The summed E-state index contributed by atoms with van der Waals surface area (Å²) in [5.41, 5.74) is -0.717.